The molecular formula is C16H25N3O2. The van der Waals surface area contributed by atoms with E-state index in [2.05, 4.69) is 31.0 Å². The molecule has 5 nitrogen and oxygen atoms in total. The first-order valence-electron chi connectivity index (χ1n) is 7.51. The van der Waals surface area contributed by atoms with Gasteiger partial charge in [0.1, 0.15) is 5.54 Å². The molecule has 1 saturated heterocycles. The lowest BCUT2D eigenvalue weighted by Crippen LogP contribution is -2.51. The van der Waals surface area contributed by atoms with Crippen molar-refractivity contribution < 1.29 is 9.53 Å². The van der Waals surface area contributed by atoms with E-state index in [-0.39, 0.29) is 12.5 Å². The highest BCUT2D eigenvalue weighted by Crippen LogP contribution is 2.22. The first kappa shape index (κ1) is 15.8. The minimum absolute atomic E-state index is 0.177. The summed E-state index contributed by atoms with van der Waals surface area (Å²) in [6, 6.07) is 8.31. The zero-order chi connectivity index (χ0) is 15.5. The molecule has 0 radical (unpaired) electrons. The van der Waals surface area contributed by atoms with E-state index in [4.69, 9.17) is 10.5 Å². The van der Waals surface area contributed by atoms with Crippen molar-refractivity contribution in [2.45, 2.75) is 38.8 Å². The predicted octanol–water partition coefficient (Wildman–Crippen LogP) is 1.98. The Morgan fingerprint density at radius 2 is 2.10 bits per heavy atom. The third kappa shape index (κ3) is 3.54. The normalized spacial score (nSPS) is 21.6. The number of rotatable bonds is 5. The Morgan fingerprint density at radius 3 is 2.57 bits per heavy atom. The maximum Gasteiger partial charge on any atom is 0.246 e. The zero-order valence-electron chi connectivity index (χ0n) is 13.1. The van der Waals surface area contributed by atoms with Gasteiger partial charge in [0.05, 0.1) is 6.61 Å². The molecule has 3 N–H and O–H groups in total. The van der Waals surface area contributed by atoms with E-state index in [1.54, 1.807) is 0 Å². The molecule has 0 aromatic heterocycles. The van der Waals surface area contributed by atoms with E-state index in [1.165, 1.54) is 0 Å². The van der Waals surface area contributed by atoms with Gasteiger partial charge in [0.2, 0.25) is 5.91 Å². The van der Waals surface area contributed by atoms with Gasteiger partial charge in [0, 0.05) is 30.6 Å². The topological polar surface area (TPSA) is 67.6 Å². The molecule has 1 fully saturated rings. The molecule has 0 aliphatic carbocycles. The van der Waals surface area contributed by atoms with Crippen LogP contribution in [0.2, 0.25) is 0 Å². The number of nitrogens with two attached hydrogens (primary N) is 1. The second-order valence-corrected chi connectivity index (χ2v) is 5.84. The molecule has 1 aromatic rings. The lowest BCUT2D eigenvalue weighted by atomic mass is 9.99. The van der Waals surface area contributed by atoms with Gasteiger partial charge in [0.15, 0.2) is 0 Å². The maximum atomic E-state index is 12.2. The molecule has 2 rings (SSSR count). The molecular weight excluding hydrogens is 266 g/mol. The number of ether oxygens (including phenoxy) is 1. The maximum absolute atomic E-state index is 12.2. The minimum Gasteiger partial charge on any atom is -0.379 e. The van der Waals surface area contributed by atoms with Gasteiger partial charge in [-0.05, 0) is 51.5 Å². The summed E-state index contributed by atoms with van der Waals surface area (Å²) in [5.74, 6) is -0.177. The Morgan fingerprint density at radius 1 is 1.43 bits per heavy atom. The van der Waals surface area contributed by atoms with Crippen LogP contribution in [-0.2, 0) is 9.53 Å². The van der Waals surface area contributed by atoms with Crippen LogP contribution in [0.15, 0.2) is 24.3 Å². The molecule has 5 heteroatoms. The fourth-order valence-corrected chi connectivity index (χ4v) is 2.60. The van der Waals surface area contributed by atoms with Crippen LogP contribution in [0.25, 0.3) is 0 Å². The summed E-state index contributed by atoms with van der Waals surface area (Å²) in [5, 5.41) is 2.88. The van der Waals surface area contributed by atoms with Crippen LogP contribution in [0, 0.1) is 0 Å². The van der Waals surface area contributed by atoms with Gasteiger partial charge in [-0.2, -0.15) is 0 Å². The fourth-order valence-electron chi connectivity index (χ4n) is 2.60. The number of hydrogen-bond acceptors (Lipinski definition) is 4. The lowest BCUT2D eigenvalue weighted by molar-refractivity contribution is -0.121. The van der Waals surface area contributed by atoms with E-state index in [9.17, 15) is 4.79 Å². The van der Waals surface area contributed by atoms with Crippen molar-refractivity contribution in [3.8, 4) is 0 Å². The van der Waals surface area contributed by atoms with Crippen LogP contribution in [0.4, 0.5) is 11.4 Å². The summed E-state index contributed by atoms with van der Waals surface area (Å²) >= 11 is 0. The van der Waals surface area contributed by atoms with Gasteiger partial charge in [0.25, 0.3) is 0 Å². The molecule has 1 unspecified atom stereocenters. The summed E-state index contributed by atoms with van der Waals surface area (Å²) in [5.41, 5.74) is 7.06. The zero-order valence-corrected chi connectivity index (χ0v) is 13.1. The predicted molar refractivity (Wildman–Crippen MR) is 85.6 cm³/mol. The van der Waals surface area contributed by atoms with Crippen molar-refractivity contribution in [3.63, 3.8) is 0 Å². The van der Waals surface area contributed by atoms with Gasteiger partial charge < -0.3 is 20.7 Å². The first-order valence-corrected chi connectivity index (χ1v) is 7.51. The summed E-state index contributed by atoms with van der Waals surface area (Å²) < 4.78 is 5.22. The summed E-state index contributed by atoms with van der Waals surface area (Å²) in [4.78, 5) is 14.5. The summed E-state index contributed by atoms with van der Waals surface area (Å²) in [6.45, 7) is 8.24. The molecule has 0 bridgehead atoms. The van der Waals surface area contributed by atoms with E-state index >= 15 is 0 Å². The van der Waals surface area contributed by atoms with Crippen LogP contribution < -0.4 is 16.0 Å². The lowest BCUT2D eigenvalue weighted by Gasteiger charge is -2.27. The SMILES string of the molecule is CCN(c1ccc(NC(=O)C2(N)CCOC2)cc1)C(C)C. The third-order valence-corrected chi connectivity index (χ3v) is 3.93. The van der Waals surface area contributed by atoms with Crippen molar-refractivity contribution in [3.05, 3.63) is 24.3 Å². The molecule has 0 saturated carbocycles. The van der Waals surface area contributed by atoms with Gasteiger partial charge in [-0.25, -0.2) is 0 Å². The van der Waals surface area contributed by atoms with Gasteiger partial charge in [-0.3, -0.25) is 4.79 Å². The highest BCUT2D eigenvalue weighted by atomic mass is 16.5. The Labute approximate surface area is 126 Å². The van der Waals surface area contributed by atoms with Crippen LogP contribution in [-0.4, -0.2) is 37.2 Å². The first-order chi connectivity index (χ1) is 9.96. The summed E-state index contributed by atoms with van der Waals surface area (Å²) in [7, 11) is 0. The fraction of sp³-hybridized carbons (Fsp3) is 0.562. The molecule has 1 amide bonds. The minimum atomic E-state index is -0.897. The molecule has 1 atom stereocenters. The monoisotopic (exact) mass is 291 g/mol. The van der Waals surface area contributed by atoms with Gasteiger partial charge in [-0.1, -0.05) is 0 Å². The average molecular weight is 291 g/mol. The Kier molecular flexibility index (Phi) is 4.85. The second-order valence-electron chi connectivity index (χ2n) is 5.84. The molecule has 1 aliphatic heterocycles. The number of amides is 1. The number of benzene rings is 1. The average Bonchev–Trinajstić information content (AvgIpc) is 2.89. The van der Waals surface area contributed by atoms with E-state index < -0.39 is 5.54 Å². The van der Waals surface area contributed by atoms with E-state index in [1.807, 2.05) is 24.3 Å². The van der Waals surface area contributed by atoms with Crippen molar-refractivity contribution in [1.29, 1.82) is 0 Å². The van der Waals surface area contributed by atoms with Crippen LogP contribution >= 0.6 is 0 Å². The largest absolute Gasteiger partial charge is 0.379 e. The van der Waals surface area contributed by atoms with Gasteiger partial charge >= 0.3 is 0 Å². The number of anilines is 2. The Hall–Kier alpha value is -1.59. The van der Waals surface area contributed by atoms with Crippen molar-refractivity contribution in [2.75, 3.05) is 30.0 Å². The Balaban J connectivity index is 2.04. The number of carbonyl (C=O) groups excluding carboxylic acids is 1. The van der Waals surface area contributed by atoms with E-state index in [0.29, 0.717) is 19.1 Å². The van der Waals surface area contributed by atoms with Crippen LogP contribution in [0.5, 0.6) is 0 Å². The van der Waals surface area contributed by atoms with Crippen molar-refractivity contribution >= 4 is 17.3 Å². The summed E-state index contributed by atoms with van der Waals surface area (Å²) in [6.07, 6.45) is 0.563. The number of nitrogens with one attached hydrogen (secondary N) is 1. The van der Waals surface area contributed by atoms with Crippen LogP contribution in [0.3, 0.4) is 0 Å². The molecule has 0 spiro atoms. The molecule has 116 valence electrons. The van der Waals surface area contributed by atoms with Crippen LogP contribution in [0.1, 0.15) is 27.2 Å². The molecule has 1 aliphatic rings. The third-order valence-electron chi connectivity index (χ3n) is 3.93. The number of carbonyl (C=O) groups is 1. The number of hydrogen-bond donors (Lipinski definition) is 2. The Bertz CT molecular complexity index is 479. The standard InChI is InChI=1S/C16H25N3O2/c1-4-19(12(2)3)14-7-5-13(6-8-14)18-15(20)16(17)9-10-21-11-16/h5-8,12H,4,9-11,17H2,1-3H3,(H,18,20). The number of nitrogens with zero attached hydrogens (tertiary/aromatic N) is 1. The highest BCUT2D eigenvalue weighted by Gasteiger charge is 2.38. The van der Waals surface area contributed by atoms with Gasteiger partial charge in [-0.15, -0.1) is 0 Å². The molecule has 21 heavy (non-hydrogen) atoms. The molecule has 1 heterocycles. The smallest absolute Gasteiger partial charge is 0.246 e. The van der Waals surface area contributed by atoms with Crippen molar-refractivity contribution in [1.82, 2.24) is 0 Å². The van der Waals surface area contributed by atoms with Crippen molar-refractivity contribution in [2.24, 2.45) is 5.73 Å². The molecule has 1 aromatic carbocycles. The highest BCUT2D eigenvalue weighted by molar-refractivity contribution is 5.98. The quantitative estimate of drug-likeness (QED) is 0.870. The van der Waals surface area contributed by atoms with E-state index in [0.717, 1.165) is 17.9 Å². The second kappa shape index (κ2) is 6.45.